The van der Waals surface area contributed by atoms with Crippen LogP contribution in [0, 0.1) is 12.7 Å². The standard InChI is InChI=1S/C8H8FN3.C2H6/c1-5-3-7-8(4-6(5)9)12(2)11-10-7;1-2/h3-4H,1-2H3;1-2H3. The first-order valence-corrected chi connectivity index (χ1v) is 4.64. The molecule has 0 fully saturated rings. The van der Waals surface area contributed by atoms with Crippen LogP contribution < -0.4 is 0 Å². The van der Waals surface area contributed by atoms with Crippen molar-refractivity contribution < 1.29 is 4.39 Å². The number of benzene rings is 1. The molecule has 0 unspecified atom stereocenters. The summed E-state index contributed by atoms with van der Waals surface area (Å²) >= 11 is 0. The third-order valence-corrected chi connectivity index (χ3v) is 1.89. The van der Waals surface area contributed by atoms with Gasteiger partial charge in [0, 0.05) is 13.1 Å². The summed E-state index contributed by atoms with van der Waals surface area (Å²) in [5.41, 5.74) is 2.05. The Morgan fingerprint density at radius 2 is 1.93 bits per heavy atom. The molecule has 1 aromatic carbocycles. The van der Waals surface area contributed by atoms with Crippen molar-refractivity contribution in [1.82, 2.24) is 15.0 Å². The first-order chi connectivity index (χ1) is 6.68. The highest BCUT2D eigenvalue weighted by atomic mass is 19.1. The number of aryl methyl sites for hydroxylation is 2. The van der Waals surface area contributed by atoms with Gasteiger partial charge in [-0.1, -0.05) is 19.1 Å². The monoisotopic (exact) mass is 195 g/mol. The Morgan fingerprint density at radius 3 is 2.57 bits per heavy atom. The van der Waals surface area contributed by atoms with Crippen molar-refractivity contribution in [3.05, 3.63) is 23.5 Å². The number of fused-ring (bicyclic) bond motifs is 1. The van der Waals surface area contributed by atoms with Gasteiger partial charge in [-0.15, -0.1) is 5.10 Å². The van der Waals surface area contributed by atoms with E-state index in [2.05, 4.69) is 10.3 Å². The largest absolute Gasteiger partial charge is 0.248 e. The fraction of sp³-hybridized carbons (Fsp3) is 0.400. The van der Waals surface area contributed by atoms with E-state index >= 15 is 0 Å². The van der Waals surface area contributed by atoms with Gasteiger partial charge in [0.15, 0.2) is 0 Å². The molecule has 0 aliphatic heterocycles. The molecule has 3 nitrogen and oxygen atoms in total. The SMILES string of the molecule is CC.Cc1cc2nnn(C)c2cc1F. The highest BCUT2D eigenvalue weighted by Gasteiger charge is 2.04. The third kappa shape index (κ3) is 1.73. The first-order valence-electron chi connectivity index (χ1n) is 4.64. The predicted octanol–water partition coefficient (Wildman–Crippen LogP) is 2.44. The highest BCUT2D eigenvalue weighted by molar-refractivity contribution is 5.75. The summed E-state index contributed by atoms with van der Waals surface area (Å²) in [6, 6.07) is 3.14. The Kier molecular flexibility index (Phi) is 3.17. The Balaban J connectivity index is 0.000000461. The molecule has 0 amide bonds. The Morgan fingerprint density at radius 1 is 1.29 bits per heavy atom. The van der Waals surface area contributed by atoms with Crippen LogP contribution in [0.5, 0.6) is 0 Å². The fourth-order valence-electron chi connectivity index (χ4n) is 1.16. The van der Waals surface area contributed by atoms with Gasteiger partial charge in [0.2, 0.25) is 0 Å². The molecule has 0 atom stereocenters. The van der Waals surface area contributed by atoms with Crippen LogP contribution >= 0.6 is 0 Å². The first kappa shape index (κ1) is 10.6. The van der Waals surface area contributed by atoms with Crippen molar-refractivity contribution in [2.45, 2.75) is 20.8 Å². The van der Waals surface area contributed by atoms with E-state index in [1.807, 2.05) is 13.8 Å². The average Bonchev–Trinajstić information content (AvgIpc) is 2.53. The molecule has 4 heteroatoms. The van der Waals surface area contributed by atoms with E-state index in [1.165, 1.54) is 6.07 Å². The molecule has 0 saturated carbocycles. The van der Waals surface area contributed by atoms with Gasteiger partial charge in [-0.05, 0) is 18.6 Å². The lowest BCUT2D eigenvalue weighted by molar-refractivity contribution is 0.619. The van der Waals surface area contributed by atoms with Crippen LogP contribution in [0.2, 0.25) is 0 Å². The predicted molar refractivity (Wildman–Crippen MR) is 54.6 cm³/mol. The lowest BCUT2D eigenvalue weighted by Gasteiger charge is -1.95. The quantitative estimate of drug-likeness (QED) is 0.646. The van der Waals surface area contributed by atoms with E-state index in [0.29, 0.717) is 5.56 Å². The van der Waals surface area contributed by atoms with Crippen LogP contribution in [0.1, 0.15) is 19.4 Å². The maximum Gasteiger partial charge on any atom is 0.128 e. The molecule has 1 aromatic heterocycles. The zero-order chi connectivity index (χ0) is 10.7. The van der Waals surface area contributed by atoms with Crippen LogP contribution in [0.25, 0.3) is 11.0 Å². The Labute approximate surface area is 82.5 Å². The second-order valence-corrected chi connectivity index (χ2v) is 2.80. The Bertz CT molecular complexity index is 434. The van der Waals surface area contributed by atoms with E-state index < -0.39 is 0 Å². The molecule has 2 rings (SSSR count). The topological polar surface area (TPSA) is 30.7 Å². The van der Waals surface area contributed by atoms with E-state index in [9.17, 15) is 4.39 Å². The number of nitrogens with zero attached hydrogens (tertiary/aromatic N) is 3. The van der Waals surface area contributed by atoms with Crippen LogP contribution in [-0.4, -0.2) is 15.0 Å². The number of hydrogen-bond acceptors (Lipinski definition) is 2. The summed E-state index contributed by atoms with van der Waals surface area (Å²) in [5, 5.41) is 7.64. The van der Waals surface area contributed by atoms with Crippen molar-refractivity contribution in [2.75, 3.05) is 0 Å². The number of rotatable bonds is 0. The van der Waals surface area contributed by atoms with Gasteiger partial charge in [-0.25, -0.2) is 9.07 Å². The minimum Gasteiger partial charge on any atom is -0.248 e. The van der Waals surface area contributed by atoms with Crippen LogP contribution in [0.15, 0.2) is 12.1 Å². The zero-order valence-electron chi connectivity index (χ0n) is 8.87. The molecule has 14 heavy (non-hydrogen) atoms. The van der Waals surface area contributed by atoms with Crippen molar-refractivity contribution in [1.29, 1.82) is 0 Å². The van der Waals surface area contributed by atoms with Gasteiger partial charge in [0.1, 0.15) is 11.3 Å². The second-order valence-electron chi connectivity index (χ2n) is 2.80. The summed E-state index contributed by atoms with van der Waals surface area (Å²) < 4.78 is 14.6. The average molecular weight is 195 g/mol. The maximum absolute atomic E-state index is 13.0. The number of halogens is 1. The Hall–Kier alpha value is -1.45. The number of aromatic nitrogens is 3. The van der Waals surface area contributed by atoms with Crippen LogP contribution in [0.4, 0.5) is 4.39 Å². The van der Waals surface area contributed by atoms with Gasteiger partial charge < -0.3 is 0 Å². The van der Waals surface area contributed by atoms with E-state index in [4.69, 9.17) is 0 Å². The third-order valence-electron chi connectivity index (χ3n) is 1.89. The smallest absolute Gasteiger partial charge is 0.128 e. The highest BCUT2D eigenvalue weighted by Crippen LogP contribution is 2.15. The molecule has 0 radical (unpaired) electrons. The molecule has 1 heterocycles. The molecule has 0 aliphatic carbocycles. The van der Waals surface area contributed by atoms with Gasteiger partial charge in [0.25, 0.3) is 0 Å². The lowest BCUT2D eigenvalue weighted by atomic mass is 10.2. The molecule has 0 N–H and O–H groups in total. The normalized spacial score (nSPS) is 9.79. The molecule has 2 aromatic rings. The van der Waals surface area contributed by atoms with Gasteiger partial charge in [-0.3, -0.25) is 0 Å². The van der Waals surface area contributed by atoms with Crippen molar-refractivity contribution in [3.8, 4) is 0 Å². The summed E-state index contributed by atoms with van der Waals surface area (Å²) in [6.45, 7) is 5.71. The van der Waals surface area contributed by atoms with Crippen LogP contribution in [-0.2, 0) is 7.05 Å². The molecule has 76 valence electrons. The summed E-state index contributed by atoms with van der Waals surface area (Å²) in [6.07, 6.45) is 0. The van der Waals surface area contributed by atoms with E-state index in [1.54, 1.807) is 24.7 Å². The summed E-state index contributed by atoms with van der Waals surface area (Å²) in [4.78, 5) is 0. The summed E-state index contributed by atoms with van der Waals surface area (Å²) in [5.74, 6) is -0.215. The van der Waals surface area contributed by atoms with Gasteiger partial charge in [0.05, 0.1) is 5.52 Å². The number of hydrogen-bond donors (Lipinski definition) is 0. The molecular formula is C10H14FN3. The van der Waals surface area contributed by atoms with Crippen molar-refractivity contribution in [2.24, 2.45) is 7.05 Å². The van der Waals surface area contributed by atoms with Gasteiger partial charge >= 0.3 is 0 Å². The molecule has 0 aliphatic rings. The molecular weight excluding hydrogens is 181 g/mol. The fourth-order valence-corrected chi connectivity index (χ4v) is 1.16. The summed E-state index contributed by atoms with van der Waals surface area (Å²) in [7, 11) is 1.74. The van der Waals surface area contributed by atoms with Crippen LogP contribution in [0.3, 0.4) is 0 Å². The van der Waals surface area contributed by atoms with E-state index in [-0.39, 0.29) is 5.82 Å². The molecule has 0 bridgehead atoms. The van der Waals surface area contributed by atoms with E-state index in [0.717, 1.165) is 11.0 Å². The second kappa shape index (κ2) is 4.17. The zero-order valence-corrected chi connectivity index (χ0v) is 8.87. The minimum absolute atomic E-state index is 0.215. The molecule has 0 spiro atoms. The van der Waals surface area contributed by atoms with Crippen molar-refractivity contribution in [3.63, 3.8) is 0 Å². The lowest BCUT2D eigenvalue weighted by Crippen LogP contribution is -1.90. The van der Waals surface area contributed by atoms with Gasteiger partial charge in [-0.2, -0.15) is 0 Å². The molecule has 0 saturated heterocycles. The van der Waals surface area contributed by atoms with Crippen molar-refractivity contribution >= 4 is 11.0 Å². The maximum atomic E-state index is 13.0. The minimum atomic E-state index is -0.215.